The predicted octanol–water partition coefficient (Wildman–Crippen LogP) is -0.224. The third-order valence-electron chi connectivity index (χ3n) is 1.75. The number of nitrogens with one attached hydrogen (secondary N) is 1. The van der Waals surface area contributed by atoms with Crippen LogP contribution in [0.5, 0.6) is 0 Å². The summed E-state index contributed by atoms with van der Waals surface area (Å²) >= 11 is 0. The first-order chi connectivity index (χ1) is 6.73. The van der Waals surface area contributed by atoms with Crippen molar-refractivity contribution in [3.05, 3.63) is 27.0 Å². The zero-order chi connectivity index (χ0) is 11.8. The molecule has 0 aliphatic rings. The van der Waals surface area contributed by atoms with Crippen LogP contribution < -0.4 is 11.2 Å². The van der Waals surface area contributed by atoms with Crippen LogP contribution >= 0.6 is 0 Å². The second-order valence-electron chi connectivity index (χ2n) is 3.19. The van der Waals surface area contributed by atoms with Gasteiger partial charge in [0.2, 0.25) is 0 Å². The number of hydrogen-bond acceptors (Lipinski definition) is 4. The van der Waals surface area contributed by atoms with E-state index in [1.807, 2.05) is 0 Å². The van der Waals surface area contributed by atoms with E-state index in [9.17, 15) is 21.9 Å². The number of aromatic amines is 1. The van der Waals surface area contributed by atoms with Crippen LogP contribution in [0, 0.1) is 0 Å². The van der Waals surface area contributed by atoms with E-state index in [1.165, 1.54) is 0 Å². The van der Waals surface area contributed by atoms with Crippen molar-refractivity contribution in [2.45, 2.75) is 24.8 Å². The summed E-state index contributed by atoms with van der Waals surface area (Å²) in [6.45, 7) is 3.18. The number of nitrogens with zero attached hydrogens (tertiary/aromatic N) is 1. The molecule has 1 aromatic rings. The fourth-order valence-electron chi connectivity index (χ4n) is 1.02. The molecule has 0 unspecified atom stereocenters. The second kappa shape index (κ2) is 3.61. The summed E-state index contributed by atoms with van der Waals surface area (Å²) < 4.78 is 34.6. The molecular weight excluding hydrogens is 227 g/mol. The zero-order valence-corrected chi connectivity index (χ0v) is 8.84. The fourth-order valence-corrected chi connectivity index (χ4v) is 1.54. The Bertz CT molecular complexity index is 584. The van der Waals surface area contributed by atoms with Gasteiger partial charge in [0.05, 0.1) is 0 Å². The quantitative estimate of drug-likeness (QED) is 0.718. The molecule has 6 nitrogen and oxygen atoms in total. The maximum absolute atomic E-state index is 12.6. The van der Waals surface area contributed by atoms with Gasteiger partial charge in [-0.15, -0.1) is 3.89 Å². The Hall–Kier alpha value is -1.44. The molecule has 0 spiro atoms. The Balaban J connectivity index is 3.66. The Kier molecular flexibility index (Phi) is 2.80. The van der Waals surface area contributed by atoms with Gasteiger partial charge in [0.15, 0.2) is 4.90 Å². The van der Waals surface area contributed by atoms with Crippen LogP contribution in [-0.4, -0.2) is 18.0 Å². The highest BCUT2D eigenvalue weighted by Crippen LogP contribution is 2.06. The van der Waals surface area contributed by atoms with Gasteiger partial charge >= 0.3 is 15.9 Å². The molecule has 8 heteroatoms. The first-order valence-corrected chi connectivity index (χ1v) is 5.42. The molecule has 0 aliphatic heterocycles. The zero-order valence-electron chi connectivity index (χ0n) is 8.02. The number of halogens is 1. The molecule has 0 saturated heterocycles. The van der Waals surface area contributed by atoms with Crippen molar-refractivity contribution in [1.29, 1.82) is 0 Å². The molecule has 0 atom stereocenters. The molecule has 0 saturated carbocycles. The van der Waals surface area contributed by atoms with E-state index in [0.717, 1.165) is 4.57 Å². The van der Waals surface area contributed by atoms with Crippen LogP contribution in [0.25, 0.3) is 0 Å². The molecular formula is C7H9FN2O4S. The lowest BCUT2D eigenvalue weighted by Crippen LogP contribution is -2.33. The van der Waals surface area contributed by atoms with Gasteiger partial charge in [0.25, 0.3) is 5.56 Å². The molecule has 0 bridgehead atoms. The minimum Gasteiger partial charge on any atom is -0.297 e. The van der Waals surface area contributed by atoms with Gasteiger partial charge in [-0.2, -0.15) is 8.42 Å². The number of H-pyrrole nitrogens is 1. The van der Waals surface area contributed by atoms with Crippen LogP contribution in [0.1, 0.15) is 19.9 Å². The predicted molar refractivity (Wildman–Crippen MR) is 50.0 cm³/mol. The van der Waals surface area contributed by atoms with Crippen LogP contribution in [-0.2, 0) is 10.2 Å². The lowest BCUT2D eigenvalue weighted by atomic mass is 10.4. The van der Waals surface area contributed by atoms with Crippen molar-refractivity contribution < 1.29 is 12.3 Å². The smallest absolute Gasteiger partial charge is 0.297 e. The molecule has 0 aromatic carbocycles. The normalized spacial score (nSPS) is 12.0. The highest BCUT2D eigenvalue weighted by atomic mass is 32.3. The standard InChI is InChI=1S/C7H9FN2O4S/c1-4(2)10-3-5(15(8,13)14)6(11)9-7(10)12/h3-4H,1-2H3,(H,9,11,12). The summed E-state index contributed by atoms with van der Waals surface area (Å²) in [5, 5.41) is 0. The van der Waals surface area contributed by atoms with E-state index in [2.05, 4.69) is 0 Å². The number of rotatable bonds is 2. The summed E-state index contributed by atoms with van der Waals surface area (Å²) in [7, 11) is -5.11. The topological polar surface area (TPSA) is 89.0 Å². The van der Waals surface area contributed by atoms with Crippen LogP contribution in [0.2, 0.25) is 0 Å². The van der Waals surface area contributed by atoms with Crippen molar-refractivity contribution in [2.24, 2.45) is 0 Å². The van der Waals surface area contributed by atoms with Crippen molar-refractivity contribution in [3.8, 4) is 0 Å². The minimum atomic E-state index is -5.11. The Labute approximate surface area is 84.6 Å². The van der Waals surface area contributed by atoms with Gasteiger partial charge in [-0.05, 0) is 13.8 Å². The van der Waals surface area contributed by atoms with Gasteiger partial charge in [-0.25, -0.2) is 4.79 Å². The van der Waals surface area contributed by atoms with E-state index >= 15 is 0 Å². The van der Waals surface area contributed by atoms with Crippen molar-refractivity contribution >= 4 is 10.2 Å². The van der Waals surface area contributed by atoms with Crippen molar-refractivity contribution in [3.63, 3.8) is 0 Å². The average molecular weight is 236 g/mol. The monoisotopic (exact) mass is 236 g/mol. The lowest BCUT2D eigenvalue weighted by Gasteiger charge is -2.08. The molecule has 1 rings (SSSR count). The van der Waals surface area contributed by atoms with E-state index in [0.29, 0.717) is 6.20 Å². The lowest BCUT2D eigenvalue weighted by molar-refractivity contribution is 0.529. The van der Waals surface area contributed by atoms with Gasteiger partial charge in [-0.3, -0.25) is 14.3 Å². The van der Waals surface area contributed by atoms with Gasteiger partial charge in [-0.1, -0.05) is 0 Å². The maximum atomic E-state index is 12.6. The Morgan fingerprint density at radius 2 is 1.93 bits per heavy atom. The molecule has 1 heterocycles. The fraction of sp³-hybridized carbons (Fsp3) is 0.429. The minimum absolute atomic E-state index is 0.380. The van der Waals surface area contributed by atoms with E-state index < -0.39 is 26.4 Å². The molecule has 15 heavy (non-hydrogen) atoms. The van der Waals surface area contributed by atoms with Crippen LogP contribution in [0.3, 0.4) is 0 Å². The maximum Gasteiger partial charge on any atom is 0.339 e. The molecule has 84 valence electrons. The second-order valence-corrected chi connectivity index (χ2v) is 4.51. The van der Waals surface area contributed by atoms with Crippen LogP contribution in [0.4, 0.5) is 3.89 Å². The first-order valence-electron chi connectivity index (χ1n) is 4.03. The van der Waals surface area contributed by atoms with Crippen molar-refractivity contribution in [1.82, 2.24) is 9.55 Å². The molecule has 0 amide bonds. The molecule has 0 aliphatic carbocycles. The van der Waals surface area contributed by atoms with Gasteiger partial charge in [0.1, 0.15) is 0 Å². The third kappa shape index (κ3) is 2.32. The summed E-state index contributed by atoms with van der Waals surface area (Å²) in [5.74, 6) is 0. The highest BCUT2D eigenvalue weighted by Gasteiger charge is 2.19. The van der Waals surface area contributed by atoms with Gasteiger partial charge in [0, 0.05) is 12.2 Å². The van der Waals surface area contributed by atoms with Gasteiger partial charge < -0.3 is 0 Å². The number of aromatic nitrogens is 2. The summed E-state index contributed by atoms with van der Waals surface area (Å²) in [6, 6.07) is -0.380. The SMILES string of the molecule is CC(C)n1cc(S(=O)(=O)F)c(=O)[nH]c1=O. The number of hydrogen-bond donors (Lipinski definition) is 1. The molecule has 1 aromatic heterocycles. The molecule has 0 fully saturated rings. The molecule has 0 radical (unpaired) electrons. The van der Waals surface area contributed by atoms with E-state index in [1.54, 1.807) is 18.8 Å². The Morgan fingerprint density at radius 1 is 1.40 bits per heavy atom. The summed E-state index contributed by atoms with van der Waals surface area (Å²) in [6.07, 6.45) is 0.696. The largest absolute Gasteiger partial charge is 0.339 e. The average Bonchev–Trinajstić information content (AvgIpc) is 2.00. The third-order valence-corrected chi connectivity index (χ3v) is 2.57. The van der Waals surface area contributed by atoms with E-state index in [-0.39, 0.29) is 6.04 Å². The first kappa shape index (κ1) is 11.6. The Morgan fingerprint density at radius 3 is 2.33 bits per heavy atom. The van der Waals surface area contributed by atoms with Crippen LogP contribution in [0.15, 0.2) is 20.7 Å². The van der Waals surface area contributed by atoms with Crippen molar-refractivity contribution in [2.75, 3.05) is 0 Å². The summed E-state index contributed by atoms with van der Waals surface area (Å²) in [5.41, 5.74) is -2.03. The van der Waals surface area contributed by atoms with E-state index in [4.69, 9.17) is 0 Å². The molecule has 1 N–H and O–H groups in total. The summed E-state index contributed by atoms with van der Waals surface area (Å²) in [4.78, 5) is 22.8. The highest BCUT2D eigenvalue weighted by molar-refractivity contribution is 7.86.